The summed E-state index contributed by atoms with van der Waals surface area (Å²) >= 11 is 0. The number of phenols is 1. The Hall–Kier alpha value is -3.72. The highest BCUT2D eigenvalue weighted by Crippen LogP contribution is 2.34. The van der Waals surface area contributed by atoms with Crippen LogP contribution >= 0.6 is 0 Å². The standard InChI is InChI=1S/C28H33N7O2/c1-19-7-8-20-18-24(28(37)29-25(20)17-19)26(27-30-31-32-35(27)22-5-3-2-4-6-22)34-15-13-33(14-16-34)21-9-11-23(36)12-10-21/h7-12,17-18,22,26,36H,2-6,13-16H2,1H3,(H,29,37). The van der Waals surface area contributed by atoms with Gasteiger partial charge >= 0.3 is 0 Å². The van der Waals surface area contributed by atoms with E-state index in [0.717, 1.165) is 67.0 Å². The summed E-state index contributed by atoms with van der Waals surface area (Å²) in [6.07, 6.45) is 5.73. The van der Waals surface area contributed by atoms with Gasteiger partial charge in [0.2, 0.25) is 0 Å². The van der Waals surface area contributed by atoms with Crippen LogP contribution in [0.25, 0.3) is 10.9 Å². The number of aryl methyl sites for hydroxylation is 1. The summed E-state index contributed by atoms with van der Waals surface area (Å²) in [7, 11) is 0. The quantitative estimate of drug-likeness (QED) is 0.429. The van der Waals surface area contributed by atoms with Crippen LogP contribution in [0.15, 0.2) is 53.3 Å². The van der Waals surface area contributed by atoms with Crippen LogP contribution in [0.4, 0.5) is 5.69 Å². The van der Waals surface area contributed by atoms with Crippen molar-refractivity contribution in [2.75, 3.05) is 31.1 Å². The van der Waals surface area contributed by atoms with Gasteiger partial charge in [-0.05, 0) is 77.5 Å². The molecule has 2 N–H and O–H groups in total. The highest BCUT2D eigenvalue weighted by Gasteiger charge is 2.34. The number of fused-ring (bicyclic) bond motifs is 1. The highest BCUT2D eigenvalue weighted by atomic mass is 16.3. The molecule has 2 fully saturated rings. The number of tetrazole rings is 1. The van der Waals surface area contributed by atoms with Crippen LogP contribution in [0.2, 0.25) is 0 Å². The number of pyridine rings is 1. The summed E-state index contributed by atoms with van der Waals surface area (Å²) in [4.78, 5) is 21.3. The average Bonchev–Trinajstić information content (AvgIpc) is 3.40. The van der Waals surface area contributed by atoms with Gasteiger partial charge in [-0.3, -0.25) is 9.69 Å². The van der Waals surface area contributed by atoms with Crippen LogP contribution in [0, 0.1) is 6.92 Å². The van der Waals surface area contributed by atoms with E-state index in [1.807, 2.05) is 35.9 Å². The number of aromatic amines is 1. The fourth-order valence-corrected chi connectivity index (χ4v) is 5.90. The number of hydrogen-bond donors (Lipinski definition) is 2. The number of nitrogens with zero attached hydrogens (tertiary/aromatic N) is 6. The Morgan fingerprint density at radius 2 is 1.73 bits per heavy atom. The first-order chi connectivity index (χ1) is 18.1. The van der Waals surface area contributed by atoms with Gasteiger partial charge < -0.3 is 15.0 Å². The molecule has 1 atom stereocenters. The number of benzene rings is 2. The van der Waals surface area contributed by atoms with Gasteiger partial charge in [0, 0.05) is 42.9 Å². The van der Waals surface area contributed by atoms with Gasteiger partial charge in [-0.15, -0.1) is 5.10 Å². The number of nitrogens with one attached hydrogen (secondary N) is 1. The van der Waals surface area contributed by atoms with E-state index in [0.29, 0.717) is 5.56 Å². The molecule has 1 aliphatic carbocycles. The molecular weight excluding hydrogens is 466 g/mol. The monoisotopic (exact) mass is 499 g/mol. The average molecular weight is 500 g/mol. The van der Waals surface area contributed by atoms with Crippen LogP contribution in [0.5, 0.6) is 5.75 Å². The number of H-pyrrole nitrogens is 1. The van der Waals surface area contributed by atoms with Crippen molar-refractivity contribution in [2.45, 2.75) is 51.1 Å². The number of phenolic OH excluding ortho intramolecular Hbond substituents is 1. The maximum atomic E-state index is 13.5. The predicted octanol–water partition coefficient (Wildman–Crippen LogP) is 3.95. The Bertz CT molecular complexity index is 1430. The van der Waals surface area contributed by atoms with E-state index in [2.05, 4.69) is 42.4 Å². The third kappa shape index (κ3) is 4.71. The zero-order chi connectivity index (χ0) is 25.4. The molecule has 1 aliphatic heterocycles. The molecule has 3 heterocycles. The second kappa shape index (κ2) is 9.97. The molecule has 0 spiro atoms. The molecule has 1 unspecified atom stereocenters. The van der Waals surface area contributed by atoms with Crippen molar-refractivity contribution in [3.8, 4) is 5.75 Å². The predicted molar refractivity (Wildman–Crippen MR) is 143 cm³/mol. The Labute approximate surface area is 215 Å². The molecule has 9 heteroatoms. The topological polar surface area (TPSA) is 103 Å². The van der Waals surface area contributed by atoms with Gasteiger partial charge in [0.15, 0.2) is 5.82 Å². The largest absolute Gasteiger partial charge is 0.508 e. The zero-order valence-corrected chi connectivity index (χ0v) is 21.2. The number of anilines is 1. The first kappa shape index (κ1) is 23.7. The number of aromatic nitrogens is 5. The first-order valence-corrected chi connectivity index (χ1v) is 13.3. The summed E-state index contributed by atoms with van der Waals surface area (Å²) < 4.78 is 1.99. The van der Waals surface area contributed by atoms with Crippen LogP contribution in [-0.4, -0.2) is 61.4 Å². The summed E-state index contributed by atoms with van der Waals surface area (Å²) in [6, 6.07) is 15.4. The second-order valence-electron chi connectivity index (χ2n) is 10.4. The van der Waals surface area contributed by atoms with Crippen molar-refractivity contribution >= 4 is 16.6 Å². The van der Waals surface area contributed by atoms with Crippen molar-refractivity contribution in [1.29, 1.82) is 0 Å². The Morgan fingerprint density at radius 1 is 0.973 bits per heavy atom. The summed E-state index contributed by atoms with van der Waals surface area (Å²) in [5, 5.41) is 23.7. The minimum Gasteiger partial charge on any atom is -0.508 e. The minimum atomic E-state index is -0.339. The Kier molecular flexibility index (Phi) is 6.38. The summed E-state index contributed by atoms with van der Waals surface area (Å²) in [5.41, 5.74) is 3.62. The fraction of sp³-hybridized carbons (Fsp3) is 0.429. The molecule has 4 aromatic rings. The van der Waals surface area contributed by atoms with Gasteiger partial charge in [-0.2, -0.15) is 0 Å². The van der Waals surface area contributed by atoms with E-state index in [4.69, 9.17) is 0 Å². The molecule has 2 aromatic heterocycles. The van der Waals surface area contributed by atoms with Crippen LogP contribution in [0.1, 0.15) is 61.1 Å². The summed E-state index contributed by atoms with van der Waals surface area (Å²) in [5.74, 6) is 1.02. The normalized spacial score (nSPS) is 18.4. The van der Waals surface area contributed by atoms with E-state index in [1.54, 1.807) is 12.1 Å². The molecule has 2 aromatic carbocycles. The van der Waals surface area contributed by atoms with Crippen molar-refractivity contribution in [1.82, 2.24) is 30.1 Å². The lowest BCUT2D eigenvalue weighted by Crippen LogP contribution is -2.49. The first-order valence-electron chi connectivity index (χ1n) is 13.3. The summed E-state index contributed by atoms with van der Waals surface area (Å²) in [6.45, 7) is 5.15. The molecule has 0 amide bonds. The van der Waals surface area contributed by atoms with E-state index >= 15 is 0 Å². The molecule has 0 bridgehead atoms. The van der Waals surface area contributed by atoms with E-state index < -0.39 is 0 Å². The minimum absolute atomic E-state index is 0.0951. The number of piperazine rings is 1. The molecule has 37 heavy (non-hydrogen) atoms. The lowest BCUT2D eigenvalue weighted by atomic mass is 9.95. The molecule has 192 valence electrons. The molecule has 1 saturated carbocycles. The number of hydrogen-bond acceptors (Lipinski definition) is 7. The van der Waals surface area contributed by atoms with Crippen molar-refractivity contribution in [2.24, 2.45) is 0 Å². The van der Waals surface area contributed by atoms with Gasteiger partial charge in [0.1, 0.15) is 11.8 Å². The van der Waals surface area contributed by atoms with Gasteiger partial charge in [0.25, 0.3) is 5.56 Å². The molecule has 6 rings (SSSR count). The lowest BCUT2D eigenvalue weighted by Gasteiger charge is -2.40. The van der Waals surface area contributed by atoms with E-state index in [-0.39, 0.29) is 23.4 Å². The van der Waals surface area contributed by atoms with Crippen molar-refractivity contribution in [3.63, 3.8) is 0 Å². The number of rotatable bonds is 5. The van der Waals surface area contributed by atoms with Crippen LogP contribution in [-0.2, 0) is 0 Å². The second-order valence-corrected chi connectivity index (χ2v) is 10.4. The van der Waals surface area contributed by atoms with E-state index in [1.165, 1.54) is 19.3 Å². The third-order valence-electron chi connectivity index (χ3n) is 7.90. The van der Waals surface area contributed by atoms with E-state index in [9.17, 15) is 9.90 Å². The Morgan fingerprint density at radius 3 is 2.49 bits per heavy atom. The molecule has 9 nitrogen and oxygen atoms in total. The number of aromatic hydroxyl groups is 1. The molecule has 1 saturated heterocycles. The van der Waals surface area contributed by atoms with Gasteiger partial charge in [-0.1, -0.05) is 31.4 Å². The maximum Gasteiger partial charge on any atom is 0.253 e. The Balaban J connectivity index is 1.38. The van der Waals surface area contributed by atoms with Gasteiger partial charge in [-0.25, -0.2) is 4.68 Å². The maximum absolute atomic E-state index is 13.5. The van der Waals surface area contributed by atoms with Crippen LogP contribution in [0.3, 0.4) is 0 Å². The SMILES string of the molecule is Cc1ccc2cc(C(c3nnnn3C3CCCCC3)N3CCN(c4ccc(O)cc4)CC3)c(=O)[nH]c2c1. The zero-order valence-electron chi connectivity index (χ0n) is 21.2. The van der Waals surface area contributed by atoms with Crippen molar-refractivity contribution < 1.29 is 5.11 Å². The van der Waals surface area contributed by atoms with Gasteiger partial charge in [0.05, 0.1) is 6.04 Å². The van der Waals surface area contributed by atoms with Crippen LogP contribution < -0.4 is 10.5 Å². The van der Waals surface area contributed by atoms with Crippen molar-refractivity contribution in [3.05, 3.63) is 75.8 Å². The lowest BCUT2D eigenvalue weighted by molar-refractivity contribution is 0.192. The third-order valence-corrected chi connectivity index (χ3v) is 7.90. The molecule has 0 radical (unpaired) electrons. The highest BCUT2D eigenvalue weighted by molar-refractivity contribution is 5.79. The smallest absolute Gasteiger partial charge is 0.253 e. The fourth-order valence-electron chi connectivity index (χ4n) is 5.90. The molecule has 2 aliphatic rings. The molecular formula is C28H33N7O2.